The summed E-state index contributed by atoms with van der Waals surface area (Å²) in [4.78, 5) is 25.4. The Hall–Kier alpha value is -1.22. The molecule has 1 aliphatic carbocycles. The SMILES string of the molecule is CNC(=O)[C@@H]1C[C@H]2CN(C(=O)C3(F)CC3)C[C@H]2N1S(C)(=O)=O. The largest absolute Gasteiger partial charge is 0.358 e. The molecule has 3 atom stereocenters. The molecule has 0 unspecified atom stereocenters. The first-order chi connectivity index (χ1) is 10.2. The van der Waals surface area contributed by atoms with Gasteiger partial charge < -0.3 is 10.2 Å². The van der Waals surface area contributed by atoms with Crippen molar-refractivity contribution in [3.63, 3.8) is 0 Å². The number of sulfonamides is 1. The van der Waals surface area contributed by atoms with Crippen LogP contribution in [0.15, 0.2) is 0 Å². The third-order valence-electron chi connectivity index (χ3n) is 4.86. The van der Waals surface area contributed by atoms with E-state index in [1.54, 1.807) is 0 Å². The van der Waals surface area contributed by atoms with Crippen molar-refractivity contribution in [2.45, 2.75) is 37.0 Å². The first-order valence-corrected chi connectivity index (χ1v) is 9.20. The molecule has 7 nitrogen and oxygen atoms in total. The van der Waals surface area contributed by atoms with Crippen LogP contribution in [0.1, 0.15) is 19.3 Å². The second-order valence-corrected chi connectivity index (χ2v) is 8.35. The number of likely N-dealkylation sites (N-methyl/N-ethyl adjacent to an activating group) is 1. The summed E-state index contributed by atoms with van der Waals surface area (Å²) in [6.07, 6.45) is 1.91. The Balaban J connectivity index is 1.81. The number of alkyl halides is 1. The van der Waals surface area contributed by atoms with Gasteiger partial charge in [0.1, 0.15) is 6.04 Å². The molecule has 0 aromatic rings. The Bertz CT molecular complexity index is 619. The van der Waals surface area contributed by atoms with Crippen LogP contribution in [0, 0.1) is 5.92 Å². The van der Waals surface area contributed by atoms with Crippen molar-refractivity contribution in [1.29, 1.82) is 0 Å². The molecule has 0 aromatic heterocycles. The van der Waals surface area contributed by atoms with Gasteiger partial charge in [0, 0.05) is 26.2 Å². The summed E-state index contributed by atoms with van der Waals surface area (Å²) in [6, 6.07) is -1.18. The molecule has 2 amide bonds. The molecule has 1 saturated carbocycles. The summed E-state index contributed by atoms with van der Waals surface area (Å²) in [5.41, 5.74) is -1.74. The molecule has 3 fully saturated rings. The normalized spacial score (nSPS) is 33.6. The van der Waals surface area contributed by atoms with Crippen molar-refractivity contribution in [1.82, 2.24) is 14.5 Å². The van der Waals surface area contributed by atoms with E-state index in [-0.39, 0.29) is 31.2 Å². The van der Waals surface area contributed by atoms with Crippen LogP contribution in [-0.2, 0) is 19.6 Å². The smallest absolute Gasteiger partial charge is 0.260 e. The summed E-state index contributed by atoms with van der Waals surface area (Å²) in [5, 5.41) is 2.48. The van der Waals surface area contributed by atoms with Crippen LogP contribution in [-0.4, -0.2) is 73.6 Å². The molecular formula is C13H20FN3O4S. The van der Waals surface area contributed by atoms with E-state index in [4.69, 9.17) is 0 Å². The highest BCUT2D eigenvalue weighted by atomic mass is 32.2. The maximum absolute atomic E-state index is 13.9. The Morgan fingerprint density at radius 1 is 1.27 bits per heavy atom. The quantitative estimate of drug-likeness (QED) is 0.725. The second-order valence-electron chi connectivity index (χ2n) is 6.46. The van der Waals surface area contributed by atoms with Gasteiger partial charge in [-0.15, -0.1) is 0 Å². The summed E-state index contributed by atoms with van der Waals surface area (Å²) in [6.45, 7) is 0.477. The monoisotopic (exact) mass is 333 g/mol. The van der Waals surface area contributed by atoms with E-state index >= 15 is 0 Å². The van der Waals surface area contributed by atoms with Crippen LogP contribution in [0.5, 0.6) is 0 Å². The minimum absolute atomic E-state index is 0.122. The molecule has 2 aliphatic heterocycles. The summed E-state index contributed by atoms with van der Waals surface area (Å²) >= 11 is 0. The fourth-order valence-corrected chi connectivity index (χ4v) is 5.01. The lowest BCUT2D eigenvalue weighted by molar-refractivity contribution is -0.137. The van der Waals surface area contributed by atoms with E-state index in [2.05, 4.69) is 5.32 Å². The van der Waals surface area contributed by atoms with E-state index < -0.39 is 33.7 Å². The lowest BCUT2D eigenvalue weighted by atomic mass is 10.0. The average Bonchev–Trinajstić information content (AvgIpc) is 2.90. The standard InChI is InChI=1S/C13H20FN3O4S/c1-15-11(18)9-5-8-6-16(12(19)13(14)3-4-13)7-10(8)17(9)22(2,20)21/h8-10H,3-7H2,1-2H3,(H,15,18)/t8-,9-,10+/m0/s1. The molecule has 22 heavy (non-hydrogen) atoms. The Labute approximate surface area is 128 Å². The number of nitrogens with zero attached hydrogens (tertiary/aromatic N) is 2. The van der Waals surface area contributed by atoms with Crippen molar-refractivity contribution < 1.29 is 22.4 Å². The third-order valence-corrected chi connectivity index (χ3v) is 6.15. The van der Waals surface area contributed by atoms with Crippen molar-refractivity contribution in [2.24, 2.45) is 5.92 Å². The number of amides is 2. The number of nitrogens with one attached hydrogen (secondary N) is 1. The van der Waals surface area contributed by atoms with Gasteiger partial charge in [0.2, 0.25) is 15.9 Å². The van der Waals surface area contributed by atoms with Gasteiger partial charge in [-0.25, -0.2) is 12.8 Å². The van der Waals surface area contributed by atoms with Gasteiger partial charge in [0.25, 0.3) is 5.91 Å². The number of carbonyl (C=O) groups excluding carboxylic acids is 2. The van der Waals surface area contributed by atoms with Crippen LogP contribution in [0.2, 0.25) is 0 Å². The van der Waals surface area contributed by atoms with E-state index in [1.165, 1.54) is 16.3 Å². The highest BCUT2D eigenvalue weighted by Gasteiger charge is 2.58. The van der Waals surface area contributed by atoms with Gasteiger partial charge in [0.15, 0.2) is 5.67 Å². The first-order valence-electron chi connectivity index (χ1n) is 7.36. The summed E-state index contributed by atoms with van der Waals surface area (Å²) in [5.74, 6) is -1.00. The molecule has 2 saturated heterocycles. The van der Waals surface area contributed by atoms with E-state index in [1.807, 2.05) is 0 Å². The topological polar surface area (TPSA) is 86.8 Å². The third kappa shape index (κ3) is 2.40. The van der Waals surface area contributed by atoms with Gasteiger partial charge in [-0.2, -0.15) is 4.31 Å². The number of fused-ring (bicyclic) bond motifs is 1. The van der Waals surface area contributed by atoms with Gasteiger partial charge in [0.05, 0.1) is 6.26 Å². The number of carbonyl (C=O) groups is 2. The molecule has 3 aliphatic rings. The fraction of sp³-hybridized carbons (Fsp3) is 0.846. The summed E-state index contributed by atoms with van der Waals surface area (Å²) < 4.78 is 39.2. The highest BCUT2D eigenvalue weighted by molar-refractivity contribution is 7.88. The van der Waals surface area contributed by atoms with Crippen LogP contribution in [0.25, 0.3) is 0 Å². The van der Waals surface area contributed by atoms with Gasteiger partial charge in [-0.3, -0.25) is 9.59 Å². The average molecular weight is 333 g/mol. The summed E-state index contributed by atoms with van der Waals surface area (Å²) in [7, 11) is -2.12. The molecule has 1 N–H and O–H groups in total. The first kappa shape index (κ1) is 15.7. The van der Waals surface area contributed by atoms with Gasteiger partial charge >= 0.3 is 0 Å². The fourth-order valence-electron chi connectivity index (χ4n) is 3.63. The predicted octanol–water partition coefficient (Wildman–Crippen LogP) is -0.905. The molecule has 9 heteroatoms. The van der Waals surface area contributed by atoms with Crippen LogP contribution in [0.3, 0.4) is 0 Å². The highest BCUT2D eigenvalue weighted by Crippen LogP contribution is 2.44. The van der Waals surface area contributed by atoms with E-state index in [9.17, 15) is 22.4 Å². The number of hydrogen-bond donors (Lipinski definition) is 1. The maximum atomic E-state index is 13.9. The lowest BCUT2D eigenvalue weighted by Crippen LogP contribution is -2.50. The minimum atomic E-state index is -3.59. The molecule has 124 valence electrons. The van der Waals surface area contributed by atoms with Crippen molar-refractivity contribution in [2.75, 3.05) is 26.4 Å². The number of likely N-dealkylation sites (tertiary alicyclic amines) is 1. The maximum Gasteiger partial charge on any atom is 0.260 e. The predicted molar refractivity (Wildman–Crippen MR) is 76.1 cm³/mol. The van der Waals surface area contributed by atoms with Crippen LogP contribution in [0.4, 0.5) is 4.39 Å². The van der Waals surface area contributed by atoms with Crippen LogP contribution < -0.4 is 5.32 Å². The zero-order chi connectivity index (χ0) is 16.3. The number of hydrogen-bond acceptors (Lipinski definition) is 4. The Morgan fingerprint density at radius 3 is 2.41 bits per heavy atom. The number of halogens is 1. The number of rotatable bonds is 3. The second kappa shape index (κ2) is 4.89. The molecule has 2 heterocycles. The lowest BCUT2D eigenvalue weighted by Gasteiger charge is -2.27. The zero-order valence-electron chi connectivity index (χ0n) is 12.6. The Morgan fingerprint density at radius 2 is 1.91 bits per heavy atom. The van der Waals surface area contributed by atoms with Crippen LogP contribution >= 0.6 is 0 Å². The van der Waals surface area contributed by atoms with E-state index in [0.717, 1.165) is 6.26 Å². The molecule has 3 rings (SSSR count). The molecular weight excluding hydrogens is 313 g/mol. The molecule has 0 radical (unpaired) electrons. The van der Waals surface area contributed by atoms with Crippen molar-refractivity contribution >= 4 is 21.8 Å². The van der Waals surface area contributed by atoms with Gasteiger partial charge in [-0.1, -0.05) is 0 Å². The molecule has 0 spiro atoms. The molecule has 0 bridgehead atoms. The Kier molecular flexibility index (Phi) is 3.48. The minimum Gasteiger partial charge on any atom is -0.358 e. The van der Waals surface area contributed by atoms with Gasteiger partial charge in [-0.05, 0) is 25.2 Å². The van der Waals surface area contributed by atoms with Crippen molar-refractivity contribution in [3.05, 3.63) is 0 Å². The van der Waals surface area contributed by atoms with Crippen molar-refractivity contribution in [3.8, 4) is 0 Å². The van der Waals surface area contributed by atoms with E-state index in [0.29, 0.717) is 13.0 Å². The zero-order valence-corrected chi connectivity index (χ0v) is 13.4. The molecule has 0 aromatic carbocycles.